The van der Waals surface area contributed by atoms with Crippen LogP contribution >= 0.6 is 11.6 Å². The molecule has 0 spiro atoms. The first-order chi connectivity index (χ1) is 15.5. The Morgan fingerprint density at radius 2 is 2.06 bits per heavy atom. The molecular weight excluding hydrogens is 434 g/mol. The van der Waals surface area contributed by atoms with E-state index in [1.807, 2.05) is 7.05 Å². The van der Waals surface area contributed by atoms with E-state index >= 15 is 0 Å². The molecule has 3 N–H and O–H groups in total. The number of nitrogens with two attached hydrogens (primary N) is 1. The number of carbonyl (C=O) groups excluding carboxylic acids is 1. The summed E-state index contributed by atoms with van der Waals surface area (Å²) in [6.07, 6.45) is 7.38. The van der Waals surface area contributed by atoms with Gasteiger partial charge in [-0.15, -0.1) is 5.10 Å². The quantitative estimate of drug-likeness (QED) is 0.407. The first kappa shape index (κ1) is 21.9. The van der Waals surface area contributed by atoms with E-state index in [1.54, 1.807) is 24.3 Å². The average molecular weight is 458 g/mol. The van der Waals surface area contributed by atoms with Gasteiger partial charge in [0.15, 0.2) is 5.69 Å². The Kier molecular flexibility index (Phi) is 6.76. The molecule has 1 aliphatic rings. The predicted octanol–water partition coefficient (Wildman–Crippen LogP) is 2.41. The second-order valence-corrected chi connectivity index (χ2v) is 8.16. The van der Waals surface area contributed by atoms with Gasteiger partial charge in [-0.05, 0) is 47.9 Å². The molecule has 1 saturated carbocycles. The fourth-order valence-corrected chi connectivity index (χ4v) is 3.91. The highest BCUT2D eigenvalue weighted by molar-refractivity contribution is 6.30. The number of halogens is 1. The fraction of sp³-hybridized carbons (Fsp3) is 0.400. The third kappa shape index (κ3) is 4.94. The summed E-state index contributed by atoms with van der Waals surface area (Å²) in [7, 11) is 2.03. The van der Waals surface area contributed by atoms with Crippen molar-refractivity contribution >= 4 is 29.5 Å². The van der Waals surface area contributed by atoms with Gasteiger partial charge in [0.1, 0.15) is 0 Å². The van der Waals surface area contributed by atoms with Crippen LogP contribution in [0.5, 0.6) is 0 Å². The van der Waals surface area contributed by atoms with E-state index in [9.17, 15) is 4.79 Å². The van der Waals surface area contributed by atoms with Crippen LogP contribution in [0.4, 0.5) is 5.82 Å². The first-order valence-electron chi connectivity index (χ1n) is 10.3. The Labute approximate surface area is 189 Å². The minimum Gasteiger partial charge on any atom is -0.378 e. The van der Waals surface area contributed by atoms with Gasteiger partial charge in [0.25, 0.3) is 5.91 Å². The number of benzene rings is 1. The zero-order valence-corrected chi connectivity index (χ0v) is 18.4. The lowest BCUT2D eigenvalue weighted by Gasteiger charge is -2.31. The van der Waals surface area contributed by atoms with Crippen LogP contribution in [-0.4, -0.2) is 55.4 Å². The van der Waals surface area contributed by atoms with Crippen LogP contribution in [-0.2, 0) is 6.54 Å². The van der Waals surface area contributed by atoms with E-state index in [4.69, 9.17) is 22.0 Å². The summed E-state index contributed by atoms with van der Waals surface area (Å²) in [6, 6.07) is 7.48. The molecule has 1 aliphatic carbocycles. The molecule has 32 heavy (non-hydrogen) atoms. The van der Waals surface area contributed by atoms with Crippen molar-refractivity contribution in [2.45, 2.75) is 44.7 Å². The third-order valence-electron chi connectivity index (χ3n) is 5.52. The number of rotatable bonds is 7. The van der Waals surface area contributed by atoms with Gasteiger partial charge in [0.05, 0.1) is 11.9 Å². The molecule has 3 aromatic rings. The molecule has 168 valence electrons. The van der Waals surface area contributed by atoms with E-state index in [1.165, 1.54) is 30.2 Å². The Balaban J connectivity index is 1.56. The number of aromatic nitrogens is 5. The molecule has 0 saturated heterocycles. The highest BCUT2D eigenvalue weighted by Crippen LogP contribution is 2.24. The molecule has 0 unspecified atom stereocenters. The molecule has 12 heteroatoms. The van der Waals surface area contributed by atoms with E-state index in [-0.39, 0.29) is 17.3 Å². The van der Waals surface area contributed by atoms with Crippen molar-refractivity contribution < 1.29 is 9.42 Å². The fourth-order valence-electron chi connectivity index (χ4n) is 3.78. The number of nitrogen functional groups attached to an aromatic ring is 1. The van der Waals surface area contributed by atoms with Crippen LogP contribution in [0.25, 0.3) is 5.82 Å². The van der Waals surface area contributed by atoms with Crippen molar-refractivity contribution in [2.75, 3.05) is 12.8 Å². The van der Waals surface area contributed by atoms with Crippen molar-refractivity contribution in [3.63, 3.8) is 0 Å². The lowest BCUT2D eigenvalue weighted by Crippen LogP contribution is -2.34. The van der Waals surface area contributed by atoms with E-state index < -0.39 is 5.91 Å². The maximum absolute atomic E-state index is 12.9. The summed E-state index contributed by atoms with van der Waals surface area (Å²) in [5.74, 6) is -0.249. The van der Waals surface area contributed by atoms with Crippen molar-refractivity contribution in [1.29, 1.82) is 0 Å². The van der Waals surface area contributed by atoms with Crippen LogP contribution in [0.3, 0.4) is 0 Å². The second kappa shape index (κ2) is 9.88. The lowest BCUT2D eigenvalue weighted by atomic mass is 9.94. The van der Waals surface area contributed by atoms with Crippen LogP contribution in [0, 0.1) is 0 Å². The molecule has 0 radical (unpaired) electrons. The van der Waals surface area contributed by atoms with Gasteiger partial charge in [-0.3, -0.25) is 9.69 Å². The number of hydrogen-bond acceptors (Lipinski definition) is 9. The first-order valence-corrected chi connectivity index (χ1v) is 10.7. The van der Waals surface area contributed by atoms with Gasteiger partial charge < -0.3 is 5.73 Å². The number of hydrogen-bond donors (Lipinski definition) is 2. The van der Waals surface area contributed by atoms with Gasteiger partial charge in [-0.1, -0.05) is 48.2 Å². The zero-order chi connectivity index (χ0) is 22.5. The Bertz CT molecular complexity index is 1090. The molecule has 2 heterocycles. The number of carbonyl (C=O) groups is 1. The van der Waals surface area contributed by atoms with E-state index in [0.717, 1.165) is 18.4 Å². The van der Waals surface area contributed by atoms with Crippen LogP contribution < -0.4 is 11.2 Å². The van der Waals surface area contributed by atoms with Crippen molar-refractivity contribution in [1.82, 2.24) is 35.6 Å². The average Bonchev–Trinajstić information content (AvgIpc) is 3.41. The standard InChI is InChI=1S/C20H24ClN9O2/c1-29(15-5-3-2-4-6-15)12-16-17(24-28-30(16)19-18(22)26-32-27-19)20(31)25-23-11-13-7-9-14(21)10-8-13/h7-11,15H,2-6,12H2,1H3,(H2,22,26)(H,25,31)/b23-11+. The smallest absolute Gasteiger partial charge is 0.293 e. The number of hydrazone groups is 1. The van der Waals surface area contributed by atoms with Crippen LogP contribution in [0.15, 0.2) is 34.0 Å². The molecule has 2 aromatic heterocycles. The normalized spacial score (nSPS) is 15.0. The van der Waals surface area contributed by atoms with Crippen LogP contribution in [0.1, 0.15) is 53.8 Å². The van der Waals surface area contributed by atoms with Gasteiger partial charge in [-0.25, -0.2) is 10.1 Å². The highest BCUT2D eigenvalue weighted by Gasteiger charge is 2.27. The minimum absolute atomic E-state index is 0.0594. The van der Waals surface area contributed by atoms with Gasteiger partial charge in [0.2, 0.25) is 11.6 Å². The Morgan fingerprint density at radius 1 is 1.31 bits per heavy atom. The molecule has 11 nitrogen and oxygen atoms in total. The maximum Gasteiger partial charge on any atom is 0.293 e. The lowest BCUT2D eigenvalue weighted by molar-refractivity contribution is 0.0947. The van der Waals surface area contributed by atoms with Gasteiger partial charge >= 0.3 is 0 Å². The van der Waals surface area contributed by atoms with Gasteiger partial charge in [0, 0.05) is 17.6 Å². The maximum atomic E-state index is 12.9. The summed E-state index contributed by atoms with van der Waals surface area (Å²) >= 11 is 5.89. The SMILES string of the molecule is CN(Cc1c(C(=O)N/N=C/c2ccc(Cl)cc2)nnn1-c1nonc1N)C1CCCCC1. The van der Waals surface area contributed by atoms with Crippen LogP contribution in [0.2, 0.25) is 5.02 Å². The molecule has 4 rings (SSSR count). The third-order valence-corrected chi connectivity index (χ3v) is 5.77. The monoisotopic (exact) mass is 457 g/mol. The van der Waals surface area contributed by atoms with Crippen molar-refractivity contribution in [3.8, 4) is 5.82 Å². The van der Waals surface area contributed by atoms with Crippen molar-refractivity contribution in [2.24, 2.45) is 5.10 Å². The zero-order valence-electron chi connectivity index (χ0n) is 17.6. The van der Waals surface area contributed by atoms with E-state index in [2.05, 4.69) is 36.1 Å². The highest BCUT2D eigenvalue weighted by atomic mass is 35.5. The molecule has 1 fully saturated rings. The second-order valence-electron chi connectivity index (χ2n) is 7.73. The number of nitrogens with one attached hydrogen (secondary N) is 1. The molecule has 0 atom stereocenters. The summed E-state index contributed by atoms with van der Waals surface area (Å²) < 4.78 is 6.10. The Morgan fingerprint density at radius 3 is 2.75 bits per heavy atom. The largest absolute Gasteiger partial charge is 0.378 e. The molecule has 0 bridgehead atoms. The summed E-state index contributed by atoms with van der Waals surface area (Å²) in [5.41, 5.74) is 9.80. The van der Waals surface area contributed by atoms with Crippen molar-refractivity contribution in [3.05, 3.63) is 46.2 Å². The summed E-state index contributed by atoms with van der Waals surface area (Å²) in [5, 5.41) is 20.2. The number of nitrogens with zero attached hydrogens (tertiary/aromatic N) is 7. The summed E-state index contributed by atoms with van der Waals surface area (Å²) in [4.78, 5) is 15.1. The topological polar surface area (TPSA) is 140 Å². The number of anilines is 1. The predicted molar refractivity (Wildman–Crippen MR) is 118 cm³/mol. The summed E-state index contributed by atoms with van der Waals surface area (Å²) in [6.45, 7) is 0.424. The molecule has 0 aliphatic heterocycles. The number of amides is 1. The molecule has 1 aromatic carbocycles. The van der Waals surface area contributed by atoms with E-state index in [0.29, 0.717) is 23.3 Å². The molecule has 1 amide bonds. The Hall–Kier alpha value is -3.31. The minimum atomic E-state index is -0.497. The molecular formula is C20H24ClN9O2. The van der Waals surface area contributed by atoms with Gasteiger partial charge in [-0.2, -0.15) is 9.78 Å².